The maximum atomic E-state index is 13.2. The molecule has 29 heavy (non-hydrogen) atoms. The molecule has 3 heterocycles. The zero-order chi connectivity index (χ0) is 19.6. The number of hydrazone groups is 1. The molecular weight excluding hydrogens is 366 g/mol. The van der Waals surface area contributed by atoms with E-state index >= 15 is 0 Å². The number of rotatable bonds is 3. The molecule has 2 aliphatic heterocycles. The summed E-state index contributed by atoms with van der Waals surface area (Å²) in [5.41, 5.74) is 3.41. The van der Waals surface area contributed by atoms with Crippen LogP contribution in [0.25, 0.3) is 6.08 Å². The van der Waals surface area contributed by atoms with Crippen molar-refractivity contribution in [1.29, 1.82) is 0 Å². The van der Waals surface area contributed by atoms with Crippen molar-refractivity contribution in [3.63, 3.8) is 0 Å². The lowest BCUT2D eigenvalue weighted by Gasteiger charge is -2.18. The molecule has 0 N–H and O–H groups in total. The summed E-state index contributed by atoms with van der Waals surface area (Å²) in [6.07, 6.45) is 5.23. The molecule has 1 amide bonds. The van der Waals surface area contributed by atoms with Crippen LogP contribution in [-0.2, 0) is 4.79 Å². The van der Waals surface area contributed by atoms with E-state index < -0.39 is 0 Å². The Balaban J connectivity index is 1.59. The molecule has 6 nitrogen and oxygen atoms in total. The lowest BCUT2D eigenvalue weighted by atomic mass is 10.0. The van der Waals surface area contributed by atoms with E-state index in [0.717, 1.165) is 11.1 Å². The van der Waals surface area contributed by atoms with Crippen molar-refractivity contribution in [3.05, 3.63) is 89.8 Å². The number of anilines is 1. The first kappa shape index (κ1) is 17.2. The van der Waals surface area contributed by atoms with Crippen molar-refractivity contribution in [2.75, 3.05) is 18.2 Å². The summed E-state index contributed by atoms with van der Waals surface area (Å²) >= 11 is 0. The van der Waals surface area contributed by atoms with Crippen molar-refractivity contribution in [2.45, 2.75) is 0 Å². The van der Waals surface area contributed by atoms with Crippen molar-refractivity contribution < 1.29 is 14.3 Å². The van der Waals surface area contributed by atoms with Gasteiger partial charge >= 0.3 is 0 Å². The van der Waals surface area contributed by atoms with Crippen LogP contribution in [0.15, 0.2) is 83.7 Å². The van der Waals surface area contributed by atoms with Crippen LogP contribution in [-0.4, -0.2) is 29.8 Å². The van der Waals surface area contributed by atoms with E-state index in [4.69, 9.17) is 9.47 Å². The number of benzene rings is 2. The molecule has 6 heteroatoms. The molecule has 2 aliphatic rings. The zero-order valence-corrected chi connectivity index (χ0v) is 15.5. The summed E-state index contributed by atoms with van der Waals surface area (Å²) < 4.78 is 11.2. The van der Waals surface area contributed by atoms with Gasteiger partial charge in [-0.2, -0.15) is 10.1 Å². The second-order valence-corrected chi connectivity index (χ2v) is 6.60. The summed E-state index contributed by atoms with van der Waals surface area (Å²) in [4.78, 5) is 17.4. The van der Waals surface area contributed by atoms with Gasteiger partial charge in [0.15, 0.2) is 11.5 Å². The highest BCUT2D eigenvalue weighted by Crippen LogP contribution is 2.33. The molecule has 3 aromatic rings. The number of para-hydroxylation sites is 1. The van der Waals surface area contributed by atoms with Crippen molar-refractivity contribution >= 4 is 23.4 Å². The first-order chi connectivity index (χ1) is 14.3. The Morgan fingerprint density at radius 1 is 0.931 bits per heavy atom. The number of pyridine rings is 1. The molecule has 1 aromatic heterocycles. The number of amides is 1. The van der Waals surface area contributed by atoms with Crippen LogP contribution < -0.4 is 14.5 Å². The fraction of sp³-hybridized carbons (Fsp3) is 0.0870. The van der Waals surface area contributed by atoms with Crippen LogP contribution in [0.4, 0.5) is 5.69 Å². The third-order valence-corrected chi connectivity index (χ3v) is 4.69. The van der Waals surface area contributed by atoms with Gasteiger partial charge in [0.25, 0.3) is 5.91 Å². The fourth-order valence-corrected chi connectivity index (χ4v) is 3.32. The SMILES string of the molecule is O=C1/C(=C\c2ccc3c(c2)OCCO3)C(c2cccnc2)=NN1c1ccccc1. The van der Waals surface area contributed by atoms with Gasteiger partial charge in [-0.05, 0) is 48.0 Å². The molecule has 0 saturated carbocycles. The Kier molecular flexibility index (Phi) is 4.29. The molecular formula is C23H17N3O3. The minimum absolute atomic E-state index is 0.190. The summed E-state index contributed by atoms with van der Waals surface area (Å²) in [6, 6.07) is 18.7. The third-order valence-electron chi connectivity index (χ3n) is 4.69. The molecule has 0 saturated heterocycles. The monoisotopic (exact) mass is 383 g/mol. The van der Waals surface area contributed by atoms with Gasteiger partial charge < -0.3 is 9.47 Å². The highest BCUT2D eigenvalue weighted by Gasteiger charge is 2.32. The lowest BCUT2D eigenvalue weighted by Crippen LogP contribution is -2.21. The van der Waals surface area contributed by atoms with Crippen LogP contribution in [0, 0.1) is 0 Å². The van der Waals surface area contributed by atoms with Gasteiger partial charge in [0.1, 0.15) is 18.9 Å². The van der Waals surface area contributed by atoms with E-state index in [1.165, 1.54) is 5.01 Å². The lowest BCUT2D eigenvalue weighted by molar-refractivity contribution is -0.114. The average molecular weight is 383 g/mol. The summed E-state index contributed by atoms with van der Waals surface area (Å²) in [7, 11) is 0. The maximum Gasteiger partial charge on any atom is 0.281 e. The number of hydrogen-bond donors (Lipinski definition) is 0. The van der Waals surface area contributed by atoms with Crippen LogP contribution in [0.1, 0.15) is 11.1 Å². The number of hydrogen-bond acceptors (Lipinski definition) is 5. The first-order valence-electron chi connectivity index (χ1n) is 9.30. The van der Waals surface area contributed by atoms with Crippen LogP contribution in [0.3, 0.4) is 0 Å². The van der Waals surface area contributed by atoms with Gasteiger partial charge in [-0.3, -0.25) is 9.78 Å². The van der Waals surface area contributed by atoms with E-state index in [9.17, 15) is 4.79 Å². The second-order valence-electron chi connectivity index (χ2n) is 6.60. The fourth-order valence-electron chi connectivity index (χ4n) is 3.32. The molecule has 2 aromatic carbocycles. The standard InChI is InChI=1S/C23H17N3O3/c27-23-19(13-16-8-9-20-21(14-16)29-12-11-28-20)22(17-5-4-10-24-15-17)25-26(23)18-6-2-1-3-7-18/h1-10,13-15H,11-12H2/b19-13-. The maximum absolute atomic E-state index is 13.2. The van der Waals surface area contributed by atoms with Gasteiger partial charge in [0.2, 0.25) is 0 Å². The third kappa shape index (κ3) is 3.25. The van der Waals surface area contributed by atoms with Gasteiger partial charge in [-0.25, -0.2) is 0 Å². The Labute approximate surface area is 167 Å². The first-order valence-corrected chi connectivity index (χ1v) is 9.30. The Morgan fingerprint density at radius 3 is 2.55 bits per heavy atom. The average Bonchev–Trinajstić information content (AvgIpc) is 3.11. The van der Waals surface area contributed by atoms with E-state index in [2.05, 4.69) is 10.1 Å². The van der Waals surface area contributed by atoms with E-state index in [1.807, 2.05) is 66.7 Å². The topological polar surface area (TPSA) is 64.0 Å². The predicted octanol–water partition coefficient (Wildman–Crippen LogP) is 3.69. The number of nitrogens with zero attached hydrogens (tertiary/aromatic N) is 3. The van der Waals surface area contributed by atoms with Crippen molar-refractivity contribution in [1.82, 2.24) is 4.98 Å². The molecule has 0 unspecified atom stereocenters. The molecule has 0 aliphatic carbocycles. The van der Waals surface area contributed by atoms with Crippen molar-refractivity contribution in [3.8, 4) is 11.5 Å². The van der Waals surface area contributed by atoms with Gasteiger partial charge in [0.05, 0.1) is 11.3 Å². The smallest absolute Gasteiger partial charge is 0.281 e. The number of carbonyl (C=O) groups is 1. The normalized spacial score (nSPS) is 16.8. The molecule has 0 fully saturated rings. The van der Waals surface area contributed by atoms with Gasteiger partial charge in [-0.1, -0.05) is 24.3 Å². The quantitative estimate of drug-likeness (QED) is 0.647. The van der Waals surface area contributed by atoms with Gasteiger partial charge in [0, 0.05) is 18.0 Å². The van der Waals surface area contributed by atoms with E-state index in [1.54, 1.807) is 12.4 Å². The minimum Gasteiger partial charge on any atom is -0.486 e. The van der Waals surface area contributed by atoms with E-state index in [-0.39, 0.29) is 5.91 Å². The number of aromatic nitrogens is 1. The molecule has 142 valence electrons. The summed E-state index contributed by atoms with van der Waals surface area (Å²) in [6.45, 7) is 1.05. The highest BCUT2D eigenvalue weighted by atomic mass is 16.6. The van der Waals surface area contributed by atoms with E-state index in [0.29, 0.717) is 41.7 Å². The Morgan fingerprint density at radius 2 is 1.76 bits per heavy atom. The van der Waals surface area contributed by atoms with Crippen molar-refractivity contribution in [2.24, 2.45) is 5.10 Å². The zero-order valence-electron chi connectivity index (χ0n) is 15.5. The van der Waals surface area contributed by atoms with Crippen LogP contribution >= 0.6 is 0 Å². The predicted molar refractivity (Wildman–Crippen MR) is 110 cm³/mol. The summed E-state index contributed by atoms with van der Waals surface area (Å²) in [5.74, 6) is 1.20. The van der Waals surface area contributed by atoms with Crippen LogP contribution in [0.5, 0.6) is 11.5 Å². The molecule has 0 bridgehead atoms. The molecule has 5 rings (SSSR count). The molecule has 0 radical (unpaired) electrons. The number of carbonyl (C=O) groups excluding carboxylic acids is 1. The number of ether oxygens (including phenoxy) is 2. The Hall–Kier alpha value is -3.93. The number of fused-ring (bicyclic) bond motifs is 1. The largest absolute Gasteiger partial charge is 0.486 e. The molecule has 0 spiro atoms. The van der Waals surface area contributed by atoms with Crippen LogP contribution in [0.2, 0.25) is 0 Å². The minimum atomic E-state index is -0.190. The van der Waals surface area contributed by atoms with Gasteiger partial charge in [-0.15, -0.1) is 0 Å². The second kappa shape index (κ2) is 7.24. The highest BCUT2D eigenvalue weighted by molar-refractivity contribution is 6.37. The summed E-state index contributed by atoms with van der Waals surface area (Å²) in [5, 5.41) is 6.03. The Bertz CT molecular complexity index is 1120. The molecule has 0 atom stereocenters.